The van der Waals surface area contributed by atoms with Gasteiger partial charge in [-0.05, 0) is 55.5 Å². The van der Waals surface area contributed by atoms with Crippen molar-refractivity contribution < 1.29 is 27.5 Å². The molecule has 0 saturated carbocycles. The molecule has 29 heavy (non-hydrogen) atoms. The van der Waals surface area contributed by atoms with Crippen molar-refractivity contribution in [2.45, 2.75) is 11.8 Å². The zero-order valence-electron chi connectivity index (χ0n) is 17.0. The van der Waals surface area contributed by atoms with Gasteiger partial charge in [0, 0.05) is 0 Å². The Morgan fingerprint density at radius 1 is 0.897 bits per heavy atom. The van der Waals surface area contributed by atoms with Crippen LogP contribution in [0.2, 0.25) is 0 Å². The SMILES string of the molecule is CCOc1ccc(OCC[NH+]2CCN(S(=O)(=O)c3ccc(OC)cc3)CC2)cc1. The average Bonchev–Trinajstić information content (AvgIpc) is 2.75. The number of rotatable bonds is 9. The Morgan fingerprint density at radius 2 is 1.45 bits per heavy atom. The first kappa shape index (κ1) is 21.4. The number of ether oxygens (including phenoxy) is 3. The van der Waals surface area contributed by atoms with Crippen molar-refractivity contribution in [2.75, 3.05) is 53.0 Å². The fourth-order valence-electron chi connectivity index (χ4n) is 3.30. The van der Waals surface area contributed by atoms with Gasteiger partial charge in [0.05, 0.1) is 44.8 Å². The van der Waals surface area contributed by atoms with Crippen LogP contribution < -0.4 is 19.1 Å². The average molecular weight is 422 g/mol. The van der Waals surface area contributed by atoms with Crippen LogP contribution in [0.5, 0.6) is 17.2 Å². The van der Waals surface area contributed by atoms with Gasteiger partial charge in [0.15, 0.2) is 0 Å². The van der Waals surface area contributed by atoms with E-state index in [9.17, 15) is 8.42 Å². The van der Waals surface area contributed by atoms with Gasteiger partial charge < -0.3 is 19.1 Å². The van der Waals surface area contributed by atoms with E-state index in [1.54, 1.807) is 35.7 Å². The number of benzene rings is 2. The van der Waals surface area contributed by atoms with Crippen molar-refractivity contribution in [3.63, 3.8) is 0 Å². The van der Waals surface area contributed by atoms with Crippen molar-refractivity contribution in [1.82, 2.24) is 4.31 Å². The Morgan fingerprint density at radius 3 is 2.00 bits per heavy atom. The highest BCUT2D eigenvalue weighted by Crippen LogP contribution is 2.19. The van der Waals surface area contributed by atoms with E-state index < -0.39 is 10.0 Å². The summed E-state index contributed by atoms with van der Waals surface area (Å²) in [5.41, 5.74) is 0. The lowest BCUT2D eigenvalue weighted by atomic mass is 10.3. The zero-order chi connectivity index (χ0) is 20.7. The Hall–Kier alpha value is -2.29. The molecule has 3 rings (SSSR count). The van der Waals surface area contributed by atoms with Gasteiger partial charge in [-0.2, -0.15) is 4.31 Å². The van der Waals surface area contributed by atoms with E-state index in [2.05, 4.69) is 0 Å². The largest absolute Gasteiger partial charge is 0.497 e. The van der Waals surface area contributed by atoms with E-state index in [0.29, 0.717) is 36.9 Å². The van der Waals surface area contributed by atoms with Gasteiger partial charge in [0.2, 0.25) is 10.0 Å². The van der Waals surface area contributed by atoms with Crippen LogP contribution in [0.15, 0.2) is 53.4 Å². The molecule has 2 aromatic rings. The molecule has 0 aromatic heterocycles. The molecule has 0 radical (unpaired) electrons. The highest BCUT2D eigenvalue weighted by Gasteiger charge is 2.30. The number of hydrogen-bond acceptors (Lipinski definition) is 5. The Balaban J connectivity index is 1.45. The van der Waals surface area contributed by atoms with Crippen molar-refractivity contribution in [1.29, 1.82) is 0 Å². The molecule has 8 heteroatoms. The van der Waals surface area contributed by atoms with Crippen molar-refractivity contribution in [2.24, 2.45) is 0 Å². The summed E-state index contributed by atoms with van der Waals surface area (Å²) in [6.07, 6.45) is 0. The highest BCUT2D eigenvalue weighted by atomic mass is 32.2. The summed E-state index contributed by atoms with van der Waals surface area (Å²) in [6, 6.07) is 14.1. The number of nitrogens with zero attached hydrogens (tertiary/aromatic N) is 1. The quantitative estimate of drug-likeness (QED) is 0.656. The van der Waals surface area contributed by atoms with Gasteiger partial charge in [0.25, 0.3) is 0 Å². The number of sulfonamides is 1. The lowest BCUT2D eigenvalue weighted by Crippen LogP contribution is -3.15. The number of nitrogens with one attached hydrogen (secondary N) is 1. The maximum Gasteiger partial charge on any atom is 0.243 e. The Bertz CT molecular complexity index is 861. The van der Waals surface area contributed by atoms with Crippen LogP contribution in [0, 0.1) is 0 Å². The first-order valence-corrected chi connectivity index (χ1v) is 11.3. The molecule has 0 atom stereocenters. The van der Waals surface area contributed by atoms with Crippen molar-refractivity contribution >= 4 is 10.0 Å². The van der Waals surface area contributed by atoms with Crippen LogP contribution >= 0.6 is 0 Å². The fourth-order valence-corrected chi connectivity index (χ4v) is 4.74. The van der Waals surface area contributed by atoms with Crippen LogP contribution in [-0.4, -0.2) is 65.8 Å². The third kappa shape index (κ3) is 5.62. The van der Waals surface area contributed by atoms with Gasteiger partial charge in [-0.25, -0.2) is 8.42 Å². The van der Waals surface area contributed by atoms with E-state index >= 15 is 0 Å². The Labute approximate surface area is 172 Å². The molecule has 7 nitrogen and oxygen atoms in total. The molecular formula is C21H29N2O5S+. The fraction of sp³-hybridized carbons (Fsp3) is 0.429. The van der Waals surface area contributed by atoms with E-state index in [0.717, 1.165) is 31.1 Å². The predicted octanol–water partition coefficient (Wildman–Crippen LogP) is 1.06. The molecule has 0 aliphatic carbocycles. The summed E-state index contributed by atoms with van der Waals surface area (Å²) in [6.45, 7) is 6.57. The van der Waals surface area contributed by atoms with Crippen LogP contribution in [0.25, 0.3) is 0 Å². The predicted molar refractivity (Wildman–Crippen MR) is 110 cm³/mol. The second kappa shape index (κ2) is 9.96. The summed E-state index contributed by atoms with van der Waals surface area (Å²) in [5, 5.41) is 0. The molecule has 1 aliphatic rings. The van der Waals surface area contributed by atoms with E-state index in [1.807, 2.05) is 31.2 Å². The van der Waals surface area contributed by atoms with Crippen LogP contribution in [-0.2, 0) is 10.0 Å². The molecule has 0 bridgehead atoms. The molecule has 1 N–H and O–H groups in total. The molecule has 158 valence electrons. The molecule has 0 unspecified atom stereocenters. The maximum atomic E-state index is 12.8. The molecule has 0 spiro atoms. The van der Waals surface area contributed by atoms with Crippen LogP contribution in [0.3, 0.4) is 0 Å². The molecular weight excluding hydrogens is 392 g/mol. The molecule has 1 fully saturated rings. The van der Waals surface area contributed by atoms with Gasteiger partial charge in [-0.3, -0.25) is 0 Å². The maximum absolute atomic E-state index is 12.8. The normalized spacial score (nSPS) is 15.8. The second-order valence-electron chi connectivity index (χ2n) is 6.83. The van der Waals surface area contributed by atoms with Crippen molar-refractivity contribution in [3.8, 4) is 17.2 Å². The van der Waals surface area contributed by atoms with Crippen LogP contribution in [0.4, 0.5) is 0 Å². The molecule has 1 saturated heterocycles. The lowest BCUT2D eigenvalue weighted by Gasteiger charge is -2.31. The van der Waals surface area contributed by atoms with Crippen LogP contribution in [0.1, 0.15) is 6.92 Å². The van der Waals surface area contributed by atoms with Crippen molar-refractivity contribution in [3.05, 3.63) is 48.5 Å². The monoisotopic (exact) mass is 421 g/mol. The third-order valence-electron chi connectivity index (χ3n) is 4.99. The highest BCUT2D eigenvalue weighted by molar-refractivity contribution is 7.89. The molecule has 2 aromatic carbocycles. The van der Waals surface area contributed by atoms with Gasteiger partial charge in [0.1, 0.15) is 30.4 Å². The number of quaternary nitrogens is 1. The van der Waals surface area contributed by atoms with Gasteiger partial charge in [-0.1, -0.05) is 0 Å². The molecule has 1 aliphatic heterocycles. The Kier molecular flexibility index (Phi) is 7.35. The first-order valence-electron chi connectivity index (χ1n) is 9.86. The van der Waals surface area contributed by atoms with E-state index in [-0.39, 0.29) is 0 Å². The topological polar surface area (TPSA) is 69.5 Å². The number of methoxy groups -OCH3 is 1. The minimum atomic E-state index is -3.46. The minimum absolute atomic E-state index is 0.306. The smallest absolute Gasteiger partial charge is 0.243 e. The molecule has 0 amide bonds. The van der Waals surface area contributed by atoms with Gasteiger partial charge >= 0.3 is 0 Å². The number of piperazine rings is 1. The van der Waals surface area contributed by atoms with Gasteiger partial charge in [-0.15, -0.1) is 0 Å². The summed E-state index contributed by atoms with van der Waals surface area (Å²) in [7, 11) is -1.90. The third-order valence-corrected chi connectivity index (χ3v) is 6.90. The second-order valence-corrected chi connectivity index (χ2v) is 8.77. The summed E-state index contributed by atoms with van der Waals surface area (Å²) < 4.78 is 43.5. The zero-order valence-corrected chi connectivity index (χ0v) is 17.8. The summed E-state index contributed by atoms with van der Waals surface area (Å²) in [5.74, 6) is 2.29. The minimum Gasteiger partial charge on any atom is -0.497 e. The molecule has 1 heterocycles. The standard InChI is InChI=1S/C21H28N2O5S/c1-3-27-19-4-6-20(7-5-19)28-17-16-22-12-14-23(15-13-22)29(24,25)21-10-8-18(26-2)9-11-21/h4-11H,3,12-17H2,1-2H3/p+1. The van der Waals surface area contributed by atoms with E-state index in [4.69, 9.17) is 14.2 Å². The summed E-state index contributed by atoms with van der Waals surface area (Å²) in [4.78, 5) is 1.65. The lowest BCUT2D eigenvalue weighted by molar-refractivity contribution is -0.903. The number of hydrogen-bond donors (Lipinski definition) is 1. The first-order chi connectivity index (χ1) is 14.0. The summed E-state index contributed by atoms with van der Waals surface area (Å²) >= 11 is 0. The van der Waals surface area contributed by atoms with E-state index in [1.165, 1.54) is 4.90 Å².